The first-order valence-corrected chi connectivity index (χ1v) is 7.26. The third-order valence-electron chi connectivity index (χ3n) is 2.60. The molecule has 1 amide bonds. The van der Waals surface area contributed by atoms with Crippen LogP contribution in [0, 0.1) is 5.82 Å². The van der Waals surface area contributed by atoms with Gasteiger partial charge in [-0.25, -0.2) is 14.0 Å². The number of carbonyl (C=O) groups excluding carboxylic acids is 2. The Labute approximate surface area is 139 Å². The van der Waals surface area contributed by atoms with E-state index in [2.05, 4.69) is 15.4 Å². The van der Waals surface area contributed by atoms with Crippen LogP contribution in [0.25, 0.3) is 0 Å². The zero-order chi connectivity index (χ0) is 17.6. The summed E-state index contributed by atoms with van der Waals surface area (Å²) in [6, 6.07) is 3.10. The van der Waals surface area contributed by atoms with Crippen molar-refractivity contribution in [2.24, 2.45) is 0 Å². The van der Waals surface area contributed by atoms with Crippen molar-refractivity contribution >= 4 is 29.4 Å². The zero-order valence-electron chi connectivity index (χ0n) is 13.4. The molecule has 2 N–H and O–H groups in total. The van der Waals surface area contributed by atoms with E-state index in [9.17, 15) is 14.0 Å². The number of ether oxygens (including phenoxy) is 2. The average molecular weight is 347 g/mol. The second-order valence-electron chi connectivity index (χ2n) is 5.73. The van der Waals surface area contributed by atoms with E-state index in [1.54, 1.807) is 20.8 Å². The van der Waals surface area contributed by atoms with Crippen LogP contribution in [0.3, 0.4) is 0 Å². The van der Waals surface area contributed by atoms with Gasteiger partial charge in [0.15, 0.2) is 0 Å². The SMILES string of the molecule is COC(=O)[C@H](CNC(=O)OC(C)(C)C)Nc1ccc(Cl)c(F)c1. The lowest BCUT2D eigenvalue weighted by molar-refractivity contribution is -0.141. The van der Waals surface area contributed by atoms with E-state index in [1.165, 1.54) is 19.2 Å². The summed E-state index contributed by atoms with van der Waals surface area (Å²) in [5.41, 5.74) is -0.328. The Morgan fingerprint density at radius 2 is 2.00 bits per heavy atom. The lowest BCUT2D eigenvalue weighted by atomic mass is 10.2. The molecule has 1 atom stereocenters. The highest BCUT2D eigenvalue weighted by Crippen LogP contribution is 2.19. The van der Waals surface area contributed by atoms with E-state index < -0.39 is 29.5 Å². The van der Waals surface area contributed by atoms with Gasteiger partial charge in [0.1, 0.15) is 17.5 Å². The lowest BCUT2D eigenvalue weighted by Crippen LogP contribution is -2.43. The monoisotopic (exact) mass is 346 g/mol. The predicted octanol–water partition coefficient (Wildman–Crippen LogP) is 2.96. The zero-order valence-corrected chi connectivity index (χ0v) is 14.2. The summed E-state index contributed by atoms with van der Waals surface area (Å²) < 4.78 is 23.2. The van der Waals surface area contributed by atoms with Crippen LogP contribution in [-0.4, -0.2) is 37.4 Å². The molecule has 0 saturated heterocycles. The Bertz CT molecular complexity index is 575. The average Bonchev–Trinajstić information content (AvgIpc) is 2.44. The number of nitrogens with one attached hydrogen (secondary N) is 2. The minimum Gasteiger partial charge on any atom is -0.467 e. The molecule has 0 saturated carbocycles. The van der Waals surface area contributed by atoms with Crippen LogP contribution in [0.1, 0.15) is 20.8 Å². The number of halogens is 2. The first-order valence-electron chi connectivity index (χ1n) is 6.88. The van der Waals surface area contributed by atoms with Crippen molar-refractivity contribution < 1.29 is 23.5 Å². The Balaban J connectivity index is 2.71. The highest BCUT2D eigenvalue weighted by molar-refractivity contribution is 6.30. The van der Waals surface area contributed by atoms with Crippen molar-refractivity contribution in [3.63, 3.8) is 0 Å². The number of rotatable bonds is 5. The molecule has 0 aliphatic rings. The largest absolute Gasteiger partial charge is 0.467 e. The molecule has 0 radical (unpaired) electrons. The molecule has 1 aromatic carbocycles. The summed E-state index contributed by atoms with van der Waals surface area (Å²) in [6.07, 6.45) is -0.671. The molecule has 23 heavy (non-hydrogen) atoms. The molecule has 0 spiro atoms. The molecule has 1 rings (SSSR count). The third-order valence-corrected chi connectivity index (χ3v) is 2.90. The van der Waals surface area contributed by atoms with E-state index in [0.29, 0.717) is 5.69 Å². The first-order chi connectivity index (χ1) is 10.6. The number of methoxy groups -OCH3 is 1. The van der Waals surface area contributed by atoms with E-state index in [0.717, 1.165) is 6.07 Å². The normalized spacial score (nSPS) is 12.3. The number of hydrogen-bond donors (Lipinski definition) is 2. The molecule has 0 aliphatic heterocycles. The smallest absolute Gasteiger partial charge is 0.407 e. The quantitative estimate of drug-likeness (QED) is 0.802. The summed E-state index contributed by atoms with van der Waals surface area (Å²) >= 11 is 5.60. The Morgan fingerprint density at radius 1 is 1.35 bits per heavy atom. The van der Waals surface area contributed by atoms with E-state index in [1.807, 2.05) is 0 Å². The second kappa shape index (κ2) is 8.01. The molecular weight excluding hydrogens is 327 g/mol. The minimum atomic E-state index is -0.909. The summed E-state index contributed by atoms with van der Waals surface area (Å²) in [4.78, 5) is 23.4. The third kappa shape index (κ3) is 6.73. The molecule has 0 heterocycles. The van der Waals surface area contributed by atoms with Crippen molar-refractivity contribution in [2.75, 3.05) is 19.0 Å². The van der Waals surface area contributed by atoms with Crippen LogP contribution < -0.4 is 10.6 Å². The highest BCUT2D eigenvalue weighted by Gasteiger charge is 2.22. The standard InChI is InChI=1S/C15H20ClFN2O4/c1-15(2,3)23-14(21)18-8-12(13(20)22-4)19-9-5-6-10(16)11(17)7-9/h5-7,12,19H,8H2,1-4H3,(H,18,21)/t12-/m0/s1. The number of benzene rings is 1. The number of hydrogen-bond acceptors (Lipinski definition) is 5. The van der Waals surface area contributed by atoms with Gasteiger partial charge in [0.25, 0.3) is 0 Å². The summed E-state index contributed by atoms with van der Waals surface area (Å²) in [6.45, 7) is 5.07. The topological polar surface area (TPSA) is 76.7 Å². The minimum absolute atomic E-state index is 0.0305. The molecule has 6 nitrogen and oxygen atoms in total. The Kier molecular flexibility index (Phi) is 6.62. The molecule has 0 aromatic heterocycles. The van der Waals surface area contributed by atoms with Crippen molar-refractivity contribution in [1.29, 1.82) is 0 Å². The number of carbonyl (C=O) groups is 2. The van der Waals surface area contributed by atoms with Crippen molar-refractivity contribution in [2.45, 2.75) is 32.4 Å². The first kappa shape index (κ1) is 19.0. The maximum Gasteiger partial charge on any atom is 0.407 e. The van der Waals surface area contributed by atoms with Gasteiger partial charge in [-0.1, -0.05) is 11.6 Å². The van der Waals surface area contributed by atoms with Crippen LogP contribution >= 0.6 is 11.6 Å². The van der Waals surface area contributed by atoms with Crippen LogP contribution in [0.2, 0.25) is 5.02 Å². The fourth-order valence-electron chi connectivity index (χ4n) is 1.62. The van der Waals surface area contributed by atoms with Crippen LogP contribution in [0.15, 0.2) is 18.2 Å². The van der Waals surface area contributed by atoms with Gasteiger partial charge in [-0.3, -0.25) is 0 Å². The summed E-state index contributed by atoms with van der Waals surface area (Å²) in [5, 5.41) is 5.20. The van der Waals surface area contributed by atoms with Gasteiger partial charge >= 0.3 is 12.1 Å². The Morgan fingerprint density at radius 3 is 2.52 bits per heavy atom. The fraction of sp³-hybridized carbons (Fsp3) is 0.467. The van der Waals surface area contributed by atoms with Crippen molar-refractivity contribution in [3.05, 3.63) is 29.0 Å². The van der Waals surface area contributed by atoms with Gasteiger partial charge in [-0.2, -0.15) is 0 Å². The molecule has 8 heteroatoms. The predicted molar refractivity (Wildman–Crippen MR) is 85.1 cm³/mol. The van der Waals surface area contributed by atoms with Crippen LogP contribution in [-0.2, 0) is 14.3 Å². The molecule has 0 unspecified atom stereocenters. The summed E-state index contributed by atoms with van der Waals surface area (Å²) in [5.74, 6) is -1.24. The number of anilines is 1. The number of amides is 1. The van der Waals surface area contributed by atoms with Gasteiger partial charge in [-0.05, 0) is 39.0 Å². The van der Waals surface area contributed by atoms with Gasteiger partial charge in [-0.15, -0.1) is 0 Å². The van der Waals surface area contributed by atoms with E-state index in [-0.39, 0.29) is 11.6 Å². The molecule has 0 aliphatic carbocycles. The number of alkyl carbamates (subject to hydrolysis) is 1. The van der Waals surface area contributed by atoms with Gasteiger partial charge in [0, 0.05) is 5.69 Å². The molecular formula is C15H20ClFN2O4. The highest BCUT2D eigenvalue weighted by atomic mass is 35.5. The van der Waals surface area contributed by atoms with Crippen molar-refractivity contribution in [1.82, 2.24) is 5.32 Å². The molecule has 0 bridgehead atoms. The van der Waals surface area contributed by atoms with Crippen molar-refractivity contribution in [3.8, 4) is 0 Å². The van der Waals surface area contributed by atoms with E-state index >= 15 is 0 Å². The molecule has 1 aromatic rings. The maximum absolute atomic E-state index is 13.4. The fourth-order valence-corrected chi connectivity index (χ4v) is 1.74. The number of esters is 1. The van der Waals surface area contributed by atoms with Crippen LogP contribution in [0.5, 0.6) is 0 Å². The van der Waals surface area contributed by atoms with Gasteiger partial charge in [0.2, 0.25) is 0 Å². The lowest BCUT2D eigenvalue weighted by Gasteiger charge is -2.22. The second-order valence-corrected chi connectivity index (χ2v) is 6.14. The molecule has 0 fully saturated rings. The van der Waals surface area contributed by atoms with Gasteiger partial charge < -0.3 is 20.1 Å². The summed E-state index contributed by atoms with van der Waals surface area (Å²) in [7, 11) is 1.22. The maximum atomic E-state index is 13.4. The van der Waals surface area contributed by atoms with Crippen LogP contribution in [0.4, 0.5) is 14.9 Å². The Hall–Kier alpha value is -2.02. The molecule has 128 valence electrons. The van der Waals surface area contributed by atoms with E-state index in [4.69, 9.17) is 16.3 Å². The van der Waals surface area contributed by atoms with Gasteiger partial charge in [0.05, 0.1) is 18.7 Å².